The molecule has 2 heterocycles. The molecule has 0 unspecified atom stereocenters. The summed E-state index contributed by atoms with van der Waals surface area (Å²) < 4.78 is 28.2. The van der Waals surface area contributed by atoms with E-state index in [0.717, 1.165) is 49.1 Å². The smallest absolute Gasteiger partial charge is 0.326 e. The maximum atomic E-state index is 12.0. The number of benzene rings is 2. The Morgan fingerprint density at radius 2 is 1.77 bits per heavy atom. The maximum absolute atomic E-state index is 12.0. The molecule has 0 aromatic heterocycles. The molecule has 0 saturated carbocycles. The van der Waals surface area contributed by atoms with Crippen LogP contribution < -0.4 is 15.4 Å². The van der Waals surface area contributed by atoms with E-state index in [2.05, 4.69) is 14.7 Å². The van der Waals surface area contributed by atoms with Crippen LogP contribution in [0, 0.1) is 6.92 Å². The van der Waals surface area contributed by atoms with Crippen molar-refractivity contribution in [3.63, 3.8) is 0 Å². The second-order valence-corrected chi connectivity index (χ2v) is 9.70. The lowest BCUT2D eigenvalue weighted by Crippen LogP contribution is -2.29. The molecule has 2 aromatic carbocycles. The van der Waals surface area contributed by atoms with E-state index >= 15 is 0 Å². The van der Waals surface area contributed by atoms with E-state index in [1.807, 2.05) is 56.3 Å². The largest absolute Gasteiger partial charge is 0.371 e. The highest BCUT2D eigenvalue weighted by Crippen LogP contribution is 2.33. The van der Waals surface area contributed by atoms with Gasteiger partial charge in [-0.2, -0.15) is 0 Å². The topological polar surface area (TPSA) is 103 Å². The van der Waals surface area contributed by atoms with E-state index in [4.69, 9.17) is 10.7 Å². The number of nitrogens with one attached hydrogen (secondary N) is 1. The SMILES string of the molecule is CC1=N[N+](c2ccc(C)cc2)=C(N)C1=Nc1ccc(N2CCCC2)cc1NS(C)(=O)=O. The number of hydrazone groups is 1. The second kappa shape index (κ2) is 8.14. The molecule has 2 aromatic rings. The molecule has 0 aliphatic carbocycles. The first kappa shape index (κ1) is 21.0. The monoisotopic (exact) mass is 439 g/mol. The highest BCUT2D eigenvalue weighted by atomic mass is 32.2. The number of aryl methyl sites for hydroxylation is 1. The number of sulfonamides is 1. The molecule has 162 valence electrons. The lowest BCUT2D eigenvalue weighted by Gasteiger charge is -2.19. The van der Waals surface area contributed by atoms with Crippen LogP contribution >= 0.6 is 0 Å². The normalized spacial score (nSPS) is 18.1. The Labute approximate surface area is 182 Å². The molecule has 0 bridgehead atoms. The number of nitrogens with two attached hydrogens (primary N) is 1. The number of amidine groups is 1. The predicted molar refractivity (Wildman–Crippen MR) is 127 cm³/mol. The molecule has 31 heavy (non-hydrogen) atoms. The summed E-state index contributed by atoms with van der Waals surface area (Å²) >= 11 is 0. The molecule has 0 spiro atoms. The first-order chi connectivity index (χ1) is 14.7. The third kappa shape index (κ3) is 4.61. The number of hydrogen-bond donors (Lipinski definition) is 2. The van der Waals surface area contributed by atoms with Crippen molar-refractivity contribution in [1.82, 2.24) is 0 Å². The summed E-state index contributed by atoms with van der Waals surface area (Å²) in [5, 5.41) is 4.54. The van der Waals surface area contributed by atoms with Crippen LogP contribution in [-0.2, 0) is 10.0 Å². The van der Waals surface area contributed by atoms with E-state index < -0.39 is 10.0 Å². The van der Waals surface area contributed by atoms with Gasteiger partial charge >= 0.3 is 5.84 Å². The third-order valence-electron chi connectivity index (χ3n) is 5.32. The fourth-order valence-corrected chi connectivity index (χ4v) is 4.32. The first-order valence-corrected chi connectivity index (χ1v) is 12.1. The minimum absolute atomic E-state index is 0.398. The second-order valence-electron chi connectivity index (χ2n) is 7.95. The molecule has 8 nitrogen and oxygen atoms in total. The van der Waals surface area contributed by atoms with Crippen LogP contribution in [0.4, 0.5) is 22.7 Å². The fourth-order valence-electron chi connectivity index (χ4n) is 3.75. The molecule has 2 aliphatic rings. The van der Waals surface area contributed by atoms with Crippen LogP contribution in [0.3, 0.4) is 0 Å². The van der Waals surface area contributed by atoms with Crippen molar-refractivity contribution in [2.24, 2.45) is 15.8 Å². The standard InChI is InChI=1S/C22H26N6O2S/c1-15-6-8-17(9-7-15)28-22(23)21(16(2)25-28)24-19-11-10-18(27-12-4-5-13-27)14-20(19)26-31(3,29)30/h6-11,14H,4-5,12-13H2,1-3H3,(H2,23,25,26)/p+1. The Kier molecular flexibility index (Phi) is 5.53. The number of aliphatic imine (C=N–C) groups is 1. The van der Waals surface area contributed by atoms with Gasteiger partial charge in [0.05, 0.1) is 17.6 Å². The van der Waals surface area contributed by atoms with Crippen LogP contribution in [0.15, 0.2) is 52.6 Å². The van der Waals surface area contributed by atoms with E-state index in [1.54, 1.807) is 4.68 Å². The van der Waals surface area contributed by atoms with Crippen molar-refractivity contribution >= 4 is 50.0 Å². The molecule has 1 fully saturated rings. The Bertz CT molecular complexity index is 1210. The van der Waals surface area contributed by atoms with Crippen LogP contribution in [0.5, 0.6) is 0 Å². The van der Waals surface area contributed by atoms with Gasteiger partial charge < -0.3 is 4.90 Å². The number of hydrogen-bond acceptors (Lipinski definition) is 6. The molecule has 3 N–H and O–H groups in total. The average Bonchev–Trinajstić information content (AvgIpc) is 3.33. The Morgan fingerprint density at radius 1 is 1.10 bits per heavy atom. The van der Waals surface area contributed by atoms with E-state index in [9.17, 15) is 8.42 Å². The van der Waals surface area contributed by atoms with E-state index in [-0.39, 0.29) is 0 Å². The molecule has 2 aliphatic heterocycles. The molecule has 0 atom stereocenters. The van der Waals surface area contributed by atoms with Gasteiger partial charge in [-0.15, -0.1) is 0 Å². The highest BCUT2D eigenvalue weighted by molar-refractivity contribution is 7.92. The fraction of sp³-hybridized carbons (Fsp3) is 0.318. The molecule has 9 heteroatoms. The lowest BCUT2D eigenvalue weighted by atomic mass is 10.2. The Balaban J connectivity index is 1.76. The third-order valence-corrected chi connectivity index (χ3v) is 5.91. The van der Waals surface area contributed by atoms with E-state index in [0.29, 0.717) is 28.6 Å². The van der Waals surface area contributed by atoms with Gasteiger partial charge in [-0.25, -0.2) is 13.4 Å². The van der Waals surface area contributed by atoms with Crippen molar-refractivity contribution < 1.29 is 13.1 Å². The molecule has 0 amide bonds. The van der Waals surface area contributed by atoms with Gasteiger partial charge in [-0.3, -0.25) is 10.5 Å². The summed E-state index contributed by atoms with van der Waals surface area (Å²) in [4.78, 5) is 6.94. The zero-order chi connectivity index (χ0) is 22.2. The van der Waals surface area contributed by atoms with Gasteiger partial charge in [-0.05, 0) is 57.0 Å². The zero-order valence-electron chi connectivity index (χ0n) is 18.0. The summed E-state index contributed by atoms with van der Waals surface area (Å²) in [6.07, 6.45) is 3.40. The van der Waals surface area contributed by atoms with Crippen molar-refractivity contribution in [2.45, 2.75) is 26.7 Å². The zero-order valence-corrected chi connectivity index (χ0v) is 18.8. The lowest BCUT2D eigenvalue weighted by molar-refractivity contribution is -0.442. The molecule has 4 rings (SSSR count). The molecule has 1 saturated heterocycles. The number of rotatable bonds is 5. The molecule has 0 radical (unpaired) electrons. The number of nitrogens with zero attached hydrogens (tertiary/aromatic N) is 4. The number of anilines is 2. The van der Waals surface area contributed by atoms with Crippen molar-refractivity contribution in [3.8, 4) is 0 Å². The van der Waals surface area contributed by atoms with Gasteiger partial charge in [0.2, 0.25) is 10.0 Å². The Hall–Kier alpha value is -3.20. The predicted octanol–water partition coefficient (Wildman–Crippen LogP) is 3.13. The summed E-state index contributed by atoms with van der Waals surface area (Å²) in [6, 6.07) is 13.5. The summed E-state index contributed by atoms with van der Waals surface area (Å²) in [5.41, 5.74) is 11.4. The Morgan fingerprint density at radius 3 is 2.42 bits per heavy atom. The van der Waals surface area contributed by atoms with Gasteiger partial charge in [0.1, 0.15) is 5.71 Å². The van der Waals surface area contributed by atoms with Crippen LogP contribution in [0.25, 0.3) is 0 Å². The average molecular weight is 440 g/mol. The van der Waals surface area contributed by atoms with Crippen LogP contribution in [0.1, 0.15) is 25.3 Å². The van der Waals surface area contributed by atoms with Crippen LogP contribution in [0.2, 0.25) is 0 Å². The first-order valence-electron chi connectivity index (χ1n) is 10.2. The summed E-state index contributed by atoms with van der Waals surface area (Å²) in [5.74, 6) is 0.398. The van der Waals surface area contributed by atoms with Gasteiger partial charge in [0, 0.05) is 18.8 Å². The molecular formula is C22H27N6O2S+. The quantitative estimate of drug-likeness (QED) is 0.699. The van der Waals surface area contributed by atoms with Crippen molar-refractivity contribution in [3.05, 3.63) is 48.0 Å². The van der Waals surface area contributed by atoms with Crippen molar-refractivity contribution in [1.29, 1.82) is 0 Å². The van der Waals surface area contributed by atoms with Gasteiger partial charge in [-0.1, -0.05) is 27.5 Å². The van der Waals surface area contributed by atoms with Gasteiger partial charge in [0.15, 0.2) is 11.4 Å². The minimum atomic E-state index is -3.47. The van der Waals surface area contributed by atoms with Gasteiger partial charge in [0.25, 0.3) is 0 Å². The minimum Gasteiger partial charge on any atom is -0.371 e. The summed E-state index contributed by atoms with van der Waals surface area (Å²) in [6.45, 7) is 5.78. The molecular weight excluding hydrogens is 412 g/mol. The maximum Gasteiger partial charge on any atom is 0.326 e. The summed E-state index contributed by atoms with van der Waals surface area (Å²) in [7, 11) is -3.47. The van der Waals surface area contributed by atoms with Crippen molar-refractivity contribution in [2.75, 3.05) is 29.0 Å². The highest BCUT2D eigenvalue weighted by Gasteiger charge is 2.29. The van der Waals surface area contributed by atoms with Crippen LogP contribution in [-0.4, -0.2) is 49.7 Å². The van der Waals surface area contributed by atoms with E-state index in [1.165, 1.54) is 0 Å².